The standard InChI is InChI=1S/C18H34O2.C8H9NO2/c1-2-3-4-5-6-7-8-9-10-11-12-13-14-15-16-17-18(19)20;1-11-8(10)6-4-2-3-5-7(6)9/h9-10H,2-8,11-17H2,1H3,(H,19,20);2-5H,9H2,1H3/b10-9-;. The summed E-state index contributed by atoms with van der Waals surface area (Å²) in [5, 5.41) is 8.51. The van der Waals surface area contributed by atoms with Crippen molar-refractivity contribution in [3.8, 4) is 0 Å². The lowest BCUT2D eigenvalue weighted by Gasteiger charge is -2.00. The summed E-state index contributed by atoms with van der Waals surface area (Å²) in [5.41, 5.74) is 6.35. The number of benzene rings is 1. The number of carboxylic acid groups (broad SMARTS) is 1. The number of unbranched alkanes of at least 4 members (excludes halogenated alkanes) is 11. The number of aliphatic carboxylic acids is 1. The Balaban J connectivity index is 0.000000683. The van der Waals surface area contributed by atoms with Gasteiger partial charge in [0.25, 0.3) is 0 Å². The van der Waals surface area contributed by atoms with Crippen molar-refractivity contribution in [3.05, 3.63) is 42.0 Å². The third-order valence-corrected chi connectivity index (χ3v) is 5.02. The molecule has 0 radical (unpaired) electrons. The second-order valence-electron chi connectivity index (χ2n) is 7.81. The molecule has 0 fully saturated rings. The molecule has 0 spiro atoms. The van der Waals surface area contributed by atoms with Gasteiger partial charge in [0.1, 0.15) is 0 Å². The first kappa shape index (κ1) is 28.7. The van der Waals surface area contributed by atoms with E-state index in [2.05, 4.69) is 23.8 Å². The third-order valence-electron chi connectivity index (χ3n) is 5.02. The zero-order chi connectivity index (χ0) is 23.2. The monoisotopic (exact) mass is 433 g/mol. The Labute approximate surface area is 189 Å². The highest BCUT2D eigenvalue weighted by molar-refractivity contribution is 5.94. The van der Waals surface area contributed by atoms with Crippen molar-refractivity contribution < 1.29 is 19.4 Å². The summed E-state index contributed by atoms with van der Waals surface area (Å²) in [6, 6.07) is 6.79. The number of carbonyl (C=O) groups is 2. The van der Waals surface area contributed by atoms with Crippen LogP contribution in [0.1, 0.15) is 107 Å². The Morgan fingerprint density at radius 2 is 1.39 bits per heavy atom. The predicted octanol–water partition coefficient (Wildman–Crippen LogP) is 7.16. The Morgan fingerprint density at radius 1 is 0.871 bits per heavy atom. The van der Waals surface area contributed by atoms with E-state index in [1.807, 2.05) is 0 Å². The van der Waals surface area contributed by atoms with Gasteiger partial charge in [-0.2, -0.15) is 0 Å². The Kier molecular flexibility index (Phi) is 19.4. The van der Waals surface area contributed by atoms with Crippen molar-refractivity contribution in [2.75, 3.05) is 12.8 Å². The molecule has 0 amide bonds. The molecule has 3 N–H and O–H groups in total. The maximum atomic E-state index is 10.9. The van der Waals surface area contributed by atoms with Gasteiger partial charge in [0, 0.05) is 12.1 Å². The van der Waals surface area contributed by atoms with E-state index < -0.39 is 11.9 Å². The van der Waals surface area contributed by atoms with E-state index >= 15 is 0 Å². The lowest BCUT2D eigenvalue weighted by Crippen LogP contribution is -2.04. The molecular weight excluding hydrogens is 390 g/mol. The van der Waals surface area contributed by atoms with Crippen LogP contribution in [-0.4, -0.2) is 24.2 Å². The smallest absolute Gasteiger partial charge is 0.339 e. The van der Waals surface area contributed by atoms with Crippen LogP contribution in [-0.2, 0) is 9.53 Å². The Morgan fingerprint density at radius 3 is 1.90 bits per heavy atom. The van der Waals surface area contributed by atoms with Crippen molar-refractivity contribution in [1.82, 2.24) is 0 Å². The molecule has 0 atom stereocenters. The lowest BCUT2D eigenvalue weighted by molar-refractivity contribution is -0.137. The molecule has 31 heavy (non-hydrogen) atoms. The van der Waals surface area contributed by atoms with Gasteiger partial charge < -0.3 is 15.6 Å². The molecule has 176 valence electrons. The molecule has 0 aliphatic heterocycles. The van der Waals surface area contributed by atoms with Crippen LogP contribution < -0.4 is 5.73 Å². The minimum Gasteiger partial charge on any atom is -0.481 e. The number of carbonyl (C=O) groups excluding carboxylic acids is 1. The molecule has 0 bridgehead atoms. The zero-order valence-electron chi connectivity index (χ0n) is 19.6. The Bertz CT molecular complexity index is 613. The van der Waals surface area contributed by atoms with Gasteiger partial charge in [-0.1, -0.05) is 82.6 Å². The van der Waals surface area contributed by atoms with Crippen LogP contribution in [0.5, 0.6) is 0 Å². The molecule has 1 rings (SSSR count). The fraction of sp³-hybridized carbons (Fsp3) is 0.615. The van der Waals surface area contributed by atoms with Gasteiger partial charge in [0.2, 0.25) is 0 Å². The van der Waals surface area contributed by atoms with Crippen molar-refractivity contribution in [3.63, 3.8) is 0 Å². The van der Waals surface area contributed by atoms with E-state index in [1.54, 1.807) is 24.3 Å². The number of methoxy groups -OCH3 is 1. The van der Waals surface area contributed by atoms with E-state index in [4.69, 9.17) is 10.8 Å². The molecule has 0 heterocycles. The topological polar surface area (TPSA) is 89.6 Å². The number of nitrogen functional groups attached to an aromatic ring is 1. The molecule has 5 heteroatoms. The molecule has 5 nitrogen and oxygen atoms in total. The summed E-state index contributed by atoms with van der Waals surface area (Å²) >= 11 is 0. The first-order chi connectivity index (χ1) is 15.0. The van der Waals surface area contributed by atoms with Crippen molar-refractivity contribution >= 4 is 17.6 Å². The summed E-state index contributed by atoms with van der Waals surface area (Å²) in [6.07, 6.45) is 21.2. The third kappa shape index (κ3) is 18.2. The molecule has 0 saturated heterocycles. The number of hydrogen-bond donors (Lipinski definition) is 2. The fourth-order valence-electron chi connectivity index (χ4n) is 3.14. The average molecular weight is 434 g/mol. The molecular formula is C26H43NO4. The van der Waals surface area contributed by atoms with Gasteiger partial charge >= 0.3 is 11.9 Å². The maximum Gasteiger partial charge on any atom is 0.339 e. The summed E-state index contributed by atoms with van der Waals surface area (Å²) in [5.74, 6) is -1.06. The van der Waals surface area contributed by atoms with Gasteiger partial charge in [0.15, 0.2) is 0 Å². The number of nitrogens with two attached hydrogens (primary N) is 1. The van der Waals surface area contributed by atoms with Gasteiger partial charge in [-0.3, -0.25) is 4.79 Å². The number of anilines is 1. The second-order valence-corrected chi connectivity index (χ2v) is 7.81. The van der Waals surface area contributed by atoms with Crippen LogP contribution in [0.25, 0.3) is 0 Å². The highest BCUT2D eigenvalue weighted by atomic mass is 16.5. The van der Waals surface area contributed by atoms with E-state index in [0.29, 0.717) is 17.7 Å². The highest BCUT2D eigenvalue weighted by Gasteiger charge is 2.06. The van der Waals surface area contributed by atoms with Crippen LogP contribution in [0, 0.1) is 0 Å². The minimum absolute atomic E-state index is 0.332. The lowest BCUT2D eigenvalue weighted by atomic mass is 10.1. The van der Waals surface area contributed by atoms with Crippen molar-refractivity contribution in [2.24, 2.45) is 0 Å². The van der Waals surface area contributed by atoms with Crippen molar-refractivity contribution in [1.29, 1.82) is 0 Å². The van der Waals surface area contributed by atoms with Gasteiger partial charge in [0.05, 0.1) is 12.7 Å². The molecule has 0 aliphatic carbocycles. The summed E-state index contributed by atoms with van der Waals surface area (Å²) < 4.78 is 4.50. The summed E-state index contributed by atoms with van der Waals surface area (Å²) in [4.78, 5) is 21.3. The fourth-order valence-corrected chi connectivity index (χ4v) is 3.14. The number of ether oxygens (including phenoxy) is 1. The average Bonchev–Trinajstić information content (AvgIpc) is 2.76. The van der Waals surface area contributed by atoms with Crippen LogP contribution >= 0.6 is 0 Å². The predicted molar refractivity (Wildman–Crippen MR) is 129 cm³/mol. The quantitative estimate of drug-likeness (QED) is 0.125. The first-order valence-electron chi connectivity index (χ1n) is 11.8. The van der Waals surface area contributed by atoms with Gasteiger partial charge in [-0.25, -0.2) is 4.79 Å². The molecule has 0 unspecified atom stereocenters. The summed E-state index contributed by atoms with van der Waals surface area (Å²) in [6.45, 7) is 2.26. The molecule has 1 aromatic rings. The SMILES string of the molecule is CCCCCCCC/C=C\CCCCCCCC(=O)O.COC(=O)c1ccccc1N. The van der Waals surface area contributed by atoms with E-state index in [9.17, 15) is 9.59 Å². The molecule has 1 aromatic carbocycles. The van der Waals surface area contributed by atoms with Gasteiger partial charge in [-0.05, 0) is 44.2 Å². The number of allylic oxidation sites excluding steroid dienone is 2. The van der Waals surface area contributed by atoms with Crippen LogP contribution in [0.4, 0.5) is 5.69 Å². The number of hydrogen-bond acceptors (Lipinski definition) is 4. The molecule has 0 saturated carbocycles. The molecule has 0 aromatic heterocycles. The maximum absolute atomic E-state index is 10.9. The minimum atomic E-state index is -0.664. The van der Waals surface area contributed by atoms with E-state index in [-0.39, 0.29) is 0 Å². The van der Waals surface area contributed by atoms with Crippen LogP contribution in [0.3, 0.4) is 0 Å². The van der Waals surface area contributed by atoms with Crippen LogP contribution in [0.15, 0.2) is 36.4 Å². The summed E-state index contributed by atoms with van der Waals surface area (Å²) in [7, 11) is 1.33. The highest BCUT2D eigenvalue weighted by Crippen LogP contribution is 2.11. The van der Waals surface area contributed by atoms with Crippen molar-refractivity contribution in [2.45, 2.75) is 96.8 Å². The normalized spacial score (nSPS) is 10.5. The van der Waals surface area contributed by atoms with Gasteiger partial charge in [-0.15, -0.1) is 0 Å². The first-order valence-corrected chi connectivity index (χ1v) is 11.8. The van der Waals surface area contributed by atoms with Crippen LogP contribution in [0.2, 0.25) is 0 Å². The zero-order valence-corrected chi connectivity index (χ0v) is 19.6. The van der Waals surface area contributed by atoms with E-state index in [1.165, 1.54) is 77.7 Å². The molecule has 0 aliphatic rings. The number of esters is 1. The largest absolute Gasteiger partial charge is 0.481 e. The second kappa shape index (κ2) is 21.0. The Hall–Kier alpha value is -2.30. The number of carboxylic acids is 1. The van der Waals surface area contributed by atoms with E-state index in [0.717, 1.165) is 12.8 Å². The number of para-hydroxylation sites is 1. The number of rotatable bonds is 16.